The summed E-state index contributed by atoms with van der Waals surface area (Å²) in [6.45, 7) is 3.82. The molecule has 0 unspecified atom stereocenters. The van der Waals surface area contributed by atoms with Gasteiger partial charge in [-0.15, -0.1) is 10.2 Å². The van der Waals surface area contributed by atoms with Crippen molar-refractivity contribution in [3.8, 4) is 5.75 Å². The molecule has 0 aliphatic heterocycles. The number of halogens is 2. The molecule has 40 heavy (non-hydrogen) atoms. The molecule has 0 aliphatic carbocycles. The standard InChI is InChI=1S/C28H27Cl2N7O3/c1-2-38-24-13-11-23(12-14-24)37(17-15-25-33-35-27(39-25)31-21-7-3-19(29)4-8-21)18-16-26-34-36-28(40-26)32-22-9-5-20(30)6-10-22/h3-14H,2,15-18H2,1H3,(H,31,35)(H,32,36). The van der Waals surface area contributed by atoms with E-state index in [1.54, 1.807) is 24.3 Å². The molecule has 0 aliphatic rings. The number of aromatic nitrogens is 4. The van der Waals surface area contributed by atoms with Crippen LogP contribution in [0.5, 0.6) is 5.75 Å². The topological polar surface area (TPSA) is 114 Å². The molecule has 3 aromatic carbocycles. The summed E-state index contributed by atoms with van der Waals surface area (Å²) in [4.78, 5) is 2.20. The Bertz CT molecular complexity index is 1400. The molecule has 0 saturated heterocycles. The van der Waals surface area contributed by atoms with Gasteiger partial charge < -0.3 is 29.1 Å². The molecule has 10 nitrogen and oxygen atoms in total. The quantitative estimate of drug-likeness (QED) is 0.152. The Balaban J connectivity index is 1.22. The Hall–Kier alpha value is -4.28. The van der Waals surface area contributed by atoms with E-state index in [1.807, 2.05) is 55.5 Å². The van der Waals surface area contributed by atoms with Crippen molar-refractivity contribution < 1.29 is 13.6 Å². The Morgan fingerprint density at radius 2 is 1.15 bits per heavy atom. The highest BCUT2D eigenvalue weighted by molar-refractivity contribution is 6.30. The van der Waals surface area contributed by atoms with Gasteiger partial charge in [-0.1, -0.05) is 33.4 Å². The average molecular weight is 580 g/mol. The van der Waals surface area contributed by atoms with E-state index in [4.69, 9.17) is 36.8 Å². The number of ether oxygens (including phenoxy) is 1. The Morgan fingerprint density at radius 3 is 1.60 bits per heavy atom. The second kappa shape index (κ2) is 13.2. The molecule has 2 heterocycles. The number of nitrogens with one attached hydrogen (secondary N) is 2. The molecule has 0 bridgehead atoms. The molecule has 0 spiro atoms. The zero-order valence-corrected chi connectivity index (χ0v) is 23.2. The first-order valence-corrected chi connectivity index (χ1v) is 13.5. The Kier molecular flexibility index (Phi) is 9.00. The van der Waals surface area contributed by atoms with E-state index < -0.39 is 0 Å². The lowest BCUT2D eigenvalue weighted by Gasteiger charge is -2.24. The van der Waals surface area contributed by atoms with Crippen molar-refractivity contribution in [3.05, 3.63) is 94.6 Å². The first kappa shape index (κ1) is 27.3. The number of rotatable bonds is 13. The van der Waals surface area contributed by atoms with Gasteiger partial charge in [0.05, 0.1) is 6.61 Å². The maximum Gasteiger partial charge on any atom is 0.320 e. The Morgan fingerprint density at radius 1 is 0.675 bits per heavy atom. The minimum atomic E-state index is 0.316. The van der Waals surface area contributed by atoms with Crippen LogP contribution in [0.2, 0.25) is 10.0 Å². The highest BCUT2D eigenvalue weighted by Gasteiger charge is 2.14. The van der Waals surface area contributed by atoms with Crippen molar-refractivity contribution in [3.63, 3.8) is 0 Å². The van der Waals surface area contributed by atoms with E-state index in [0.29, 0.717) is 66.4 Å². The molecule has 0 amide bonds. The highest BCUT2D eigenvalue weighted by Crippen LogP contribution is 2.23. The van der Waals surface area contributed by atoms with Crippen molar-refractivity contribution >= 4 is 52.3 Å². The van der Waals surface area contributed by atoms with Crippen LogP contribution < -0.4 is 20.3 Å². The summed E-state index contributed by atoms with van der Waals surface area (Å²) in [7, 11) is 0. The molecular formula is C28H27Cl2N7O3. The third-order valence-electron chi connectivity index (χ3n) is 5.83. The number of benzene rings is 3. The first-order chi connectivity index (χ1) is 19.5. The maximum atomic E-state index is 5.96. The zero-order valence-electron chi connectivity index (χ0n) is 21.7. The van der Waals surface area contributed by atoms with Crippen molar-refractivity contribution in [2.24, 2.45) is 0 Å². The van der Waals surface area contributed by atoms with Crippen LogP contribution in [0.3, 0.4) is 0 Å². The van der Waals surface area contributed by atoms with E-state index in [2.05, 4.69) is 35.9 Å². The second-order valence-electron chi connectivity index (χ2n) is 8.68. The molecule has 0 atom stereocenters. The van der Waals surface area contributed by atoms with Gasteiger partial charge in [-0.2, -0.15) is 0 Å². The van der Waals surface area contributed by atoms with Gasteiger partial charge in [0.25, 0.3) is 0 Å². The fraction of sp³-hybridized carbons (Fsp3) is 0.214. The van der Waals surface area contributed by atoms with Crippen LogP contribution in [0, 0.1) is 0 Å². The van der Waals surface area contributed by atoms with Crippen LogP contribution in [0.1, 0.15) is 18.7 Å². The van der Waals surface area contributed by atoms with E-state index in [1.165, 1.54) is 0 Å². The van der Waals surface area contributed by atoms with Crippen LogP contribution in [-0.4, -0.2) is 40.1 Å². The van der Waals surface area contributed by atoms with Crippen molar-refractivity contribution in [2.45, 2.75) is 19.8 Å². The van der Waals surface area contributed by atoms with Gasteiger partial charge in [0, 0.05) is 53.0 Å². The molecule has 5 aromatic rings. The first-order valence-electron chi connectivity index (χ1n) is 12.7. The minimum Gasteiger partial charge on any atom is -0.494 e. The lowest BCUT2D eigenvalue weighted by atomic mass is 10.2. The van der Waals surface area contributed by atoms with Gasteiger partial charge in [-0.25, -0.2) is 0 Å². The monoisotopic (exact) mass is 579 g/mol. The summed E-state index contributed by atoms with van der Waals surface area (Å²) in [5.74, 6) is 1.84. The van der Waals surface area contributed by atoms with Crippen molar-refractivity contribution in [1.82, 2.24) is 20.4 Å². The lowest BCUT2D eigenvalue weighted by molar-refractivity contribution is 0.340. The third kappa shape index (κ3) is 7.64. The second-order valence-corrected chi connectivity index (χ2v) is 9.55. The highest BCUT2D eigenvalue weighted by atomic mass is 35.5. The van der Waals surface area contributed by atoms with Gasteiger partial charge >= 0.3 is 12.0 Å². The van der Waals surface area contributed by atoms with E-state index in [0.717, 1.165) is 22.8 Å². The summed E-state index contributed by atoms with van der Waals surface area (Å²) in [5.41, 5.74) is 2.63. The molecule has 2 N–H and O–H groups in total. The molecule has 0 saturated carbocycles. The van der Waals surface area contributed by atoms with Gasteiger partial charge in [-0.05, 0) is 79.7 Å². The molecule has 206 valence electrons. The van der Waals surface area contributed by atoms with Gasteiger partial charge in [0.2, 0.25) is 11.8 Å². The third-order valence-corrected chi connectivity index (χ3v) is 6.33. The smallest absolute Gasteiger partial charge is 0.320 e. The molecule has 12 heteroatoms. The lowest BCUT2D eigenvalue weighted by Crippen LogP contribution is -2.28. The Labute approximate surface area is 241 Å². The normalized spacial score (nSPS) is 10.9. The predicted octanol–water partition coefficient (Wildman–Crippen LogP) is 6.94. The van der Waals surface area contributed by atoms with Crippen molar-refractivity contribution in [1.29, 1.82) is 0 Å². The SMILES string of the molecule is CCOc1ccc(N(CCc2nnc(Nc3ccc(Cl)cc3)o2)CCc2nnc(Nc3ccc(Cl)cc3)o2)cc1. The van der Waals surface area contributed by atoms with Gasteiger partial charge in [0.15, 0.2) is 0 Å². The van der Waals surface area contributed by atoms with Gasteiger partial charge in [0.1, 0.15) is 5.75 Å². The van der Waals surface area contributed by atoms with E-state index >= 15 is 0 Å². The fourth-order valence-electron chi connectivity index (χ4n) is 3.87. The molecule has 0 radical (unpaired) electrons. The summed E-state index contributed by atoms with van der Waals surface area (Å²) in [5, 5.41) is 24.1. The summed E-state index contributed by atoms with van der Waals surface area (Å²) in [6.07, 6.45) is 1.07. The van der Waals surface area contributed by atoms with Gasteiger partial charge in [-0.3, -0.25) is 0 Å². The average Bonchev–Trinajstić information content (AvgIpc) is 3.61. The number of anilines is 5. The van der Waals surface area contributed by atoms with Crippen LogP contribution >= 0.6 is 23.2 Å². The fourth-order valence-corrected chi connectivity index (χ4v) is 4.13. The van der Waals surface area contributed by atoms with E-state index in [9.17, 15) is 0 Å². The van der Waals surface area contributed by atoms with Crippen LogP contribution in [-0.2, 0) is 12.8 Å². The molecular weight excluding hydrogens is 553 g/mol. The summed E-state index contributed by atoms with van der Waals surface area (Å²) < 4.78 is 17.2. The van der Waals surface area contributed by atoms with E-state index in [-0.39, 0.29) is 0 Å². The predicted molar refractivity (Wildman–Crippen MR) is 155 cm³/mol. The molecule has 5 rings (SSSR count). The van der Waals surface area contributed by atoms with Crippen LogP contribution in [0.4, 0.5) is 29.1 Å². The summed E-state index contributed by atoms with van der Waals surface area (Å²) in [6, 6.07) is 23.1. The number of hydrogen-bond donors (Lipinski definition) is 2. The minimum absolute atomic E-state index is 0.316. The molecule has 2 aromatic heterocycles. The van der Waals surface area contributed by atoms with Crippen LogP contribution in [0.15, 0.2) is 81.6 Å². The summed E-state index contributed by atoms with van der Waals surface area (Å²) >= 11 is 11.9. The number of hydrogen-bond acceptors (Lipinski definition) is 10. The zero-order chi connectivity index (χ0) is 27.7. The van der Waals surface area contributed by atoms with Crippen LogP contribution in [0.25, 0.3) is 0 Å². The number of nitrogens with zero attached hydrogens (tertiary/aromatic N) is 5. The largest absolute Gasteiger partial charge is 0.494 e. The molecule has 0 fully saturated rings. The maximum absolute atomic E-state index is 5.96. The van der Waals surface area contributed by atoms with Crippen molar-refractivity contribution in [2.75, 3.05) is 35.2 Å².